The van der Waals surface area contributed by atoms with E-state index in [1.807, 2.05) is 0 Å². The van der Waals surface area contributed by atoms with Gasteiger partial charge in [-0.15, -0.1) is 0 Å². The van der Waals surface area contributed by atoms with Crippen LogP contribution in [0, 0.1) is 0 Å². The third-order valence-corrected chi connectivity index (χ3v) is 2.56. The molecule has 3 rings (SSSR count). The van der Waals surface area contributed by atoms with E-state index in [1.165, 1.54) is 19.2 Å². The second-order valence-corrected chi connectivity index (χ2v) is 3.51. The topological polar surface area (TPSA) is 57.7 Å². The zero-order valence-corrected chi connectivity index (χ0v) is 7.77. The zero-order valence-electron chi connectivity index (χ0n) is 7.77. The van der Waals surface area contributed by atoms with Gasteiger partial charge in [-0.2, -0.15) is 4.98 Å². The average molecular weight is 189 g/mol. The molecular weight excluding hydrogens is 178 g/mol. The number of fused-ring (bicyclic) bond motifs is 1. The van der Waals surface area contributed by atoms with Crippen molar-refractivity contribution in [3.63, 3.8) is 0 Å². The Balaban J connectivity index is 2.05. The summed E-state index contributed by atoms with van der Waals surface area (Å²) in [4.78, 5) is 17.9. The highest BCUT2D eigenvalue weighted by atomic mass is 15.3. The van der Waals surface area contributed by atoms with Crippen LogP contribution in [0.4, 0.5) is 5.95 Å². The van der Waals surface area contributed by atoms with E-state index in [0.29, 0.717) is 0 Å². The van der Waals surface area contributed by atoms with Crippen molar-refractivity contribution in [1.82, 2.24) is 19.9 Å². The molecule has 1 saturated heterocycles. The van der Waals surface area contributed by atoms with Crippen molar-refractivity contribution in [2.75, 3.05) is 18.0 Å². The molecule has 2 aromatic rings. The average Bonchev–Trinajstić information content (AvgIpc) is 2.86. The van der Waals surface area contributed by atoms with E-state index in [2.05, 4.69) is 24.8 Å². The quantitative estimate of drug-likeness (QED) is 0.725. The SMILES string of the molecule is c1ncc2[nH]c(N3CCCC3)nc2n1. The molecular formula is C9H11N5. The van der Waals surface area contributed by atoms with E-state index in [1.54, 1.807) is 6.20 Å². The Morgan fingerprint density at radius 3 is 2.93 bits per heavy atom. The van der Waals surface area contributed by atoms with Gasteiger partial charge in [0.1, 0.15) is 11.8 Å². The highest BCUT2D eigenvalue weighted by Crippen LogP contribution is 2.18. The normalized spacial score (nSPS) is 16.7. The summed E-state index contributed by atoms with van der Waals surface area (Å²) >= 11 is 0. The van der Waals surface area contributed by atoms with Crippen LogP contribution >= 0.6 is 0 Å². The number of aromatic amines is 1. The summed E-state index contributed by atoms with van der Waals surface area (Å²) in [5.41, 5.74) is 1.66. The smallest absolute Gasteiger partial charge is 0.205 e. The van der Waals surface area contributed by atoms with Crippen LogP contribution in [0.1, 0.15) is 12.8 Å². The molecule has 72 valence electrons. The lowest BCUT2D eigenvalue weighted by Gasteiger charge is -2.12. The van der Waals surface area contributed by atoms with Gasteiger partial charge < -0.3 is 9.88 Å². The molecule has 1 fully saturated rings. The molecule has 0 spiro atoms. The summed E-state index contributed by atoms with van der Waals surface area (Å²) in [5.74, 6) is 0.929. The van der Waals surface area contributed by atoms with Crippen LogP contribution in [-0.4, -0.2) is 33.0 Å². The molecule has 5 heteroatoms. The van der Waals surface area contributed by atoms with E-state index in [0.717, 1.165) is 30.2 Å². The van der Waals surface area contributed by atoms with Crippen molar-refractivity contribution in [2.45, 2.75) is 12.8 Å². The lowest BCUT2D eigenvalue weighted by molar-refractivity contribution is 0.921. The van der Waals surface area contributed by atoms with Gasteiger partial charge in [-0.25, -0.2) is 9.97 Å². The van der Waals surface area contributed by atoms with Gasteiger partial charge in [0, 0.05) is 13.1 Å². The molecule has 0 atom stereocenters. The Bertz CT molecular complexity index is 410. The highest BCUT2D eigenvalue weighted by Gasteiger charge is 2.15. The lowest BCUT2D eigenvalue weighted by atomic mass is 10.4. The van der Waals surface area contributed by atoms with Gasteiger partial charge >= 0.3 is 0 Å². The fourth-order valence-electron chi connectivity index (χ4n) is 1.83. The van der Waals surface area contributed by atoms with Crippen LogP contribution in [0.15, 0.2) is 12.5 Å². The van der Waals surface area contributed by atoms with Gasteiger partial charge in [-0.3, -0.25) is 0 Å². The molecule has 0 amide bonds. The van der Waals surface area contributed by atoms with E-state index in [9.17, 15) is 0 Å². The van der Waals surface area contributed by atoms with Crippen molar-refractivity contribution < 1.29 is 0 Å². The zero-order chi connectivity index (χ0) is 9.38. The highest BCUT2D eigenvalue weighted by molar-refractivity contribution is 5.72. The summed E-state index contributed by atoms with van der Waals surface area (Å²) < 4.78 is 0. The summed E-state index contributed by atoms with van der Waals surface area (Å²) in [7, 11) is 0. The van der Waals surface area contributed by atoms with Crippen molar-refractivity contribution in [3.05, 3.63) is 12.5 Å². The van der Waals surface area contributed by atoms with Gasteiger partial charge in [-0.05, 0) is 12.8 Å². The summed E-state index contributed by atoms with van der Waals surface area (Å²) in [5, 5.41) is 0. The van der Waals surface area contributed by atoms with Gasteiger partial charge in [-0.1, -0.05) is 0 Å². The number of nitrogens with zero attached hydrogens (tertiary/aromatic N) is 4. The molecule has 0 unspecified atom stereocenters. The minimum atomic E-state index is 0.752. The van der Waals surface area contributed by atoms with Crippen LogP contribution in [0.5, 0.6) is 0 Å². The molecule has 5 nitrogen and oxygen atoms in total. The van der Waals surface area contributed by atoms with E-state index in [4.69, 9.17) is 0 Å². The Morgan fingerprint density at radius 2 is 2.14 bits per heavy atom. The fraction of sp³-hybridized carbons (Fsp3) is 0.444. The van der Waals surface area contributed by atoms with E-state index in [-0.39, 0.29) is 0 Å². The van der Waals surface area contributed by atoms with E-state index < -0.39 is 0 Å². The Morgan fingerprint density at radius 1 is 1.29 bits per heavy atom. The Hall–Kier alpha value is -1.65. The molecule has 2 aromatic heterocycles. The Labute approximate surface area is 81.2 Å². The van der Waals surface area contributed by atoms with Crippen LogP contribution in [-0.2, 0) is 0 Å². The van der Waals surface area contributed by atoms with Gasteiger partial charge in [0.05, 0.1) is 6.20 Å². The predicted molar refractivity (Wildman–Crippen MR) is 53.1 cm³/mol. The van der Waals surface area contributed by atoms with Crippen LogP contribution < -0.4 is 4.90 Å². The number of nitrogens with one attached hydrogen (secondary N) is 1. The minimum absolute atomic E-state index is 0.752. The predicted octanol–water partition coefficient (Wildman–Crippen LogP) is 0.953. The summed E-state index contributed by atoms with van der Waals surface area (Å²) in [6.07, 6.45) is 5.79. The molecule has 14 heavy (non-hydrogen) atoms. The molecule has 0 aliphatic carbocycles. The van der Waals surface area contributed by atoms with Crippen LogP contribution in [0.25, 0.3) is 11.2 Å². The first kappa shape index (κ1) is 7.73. The molecule has 0 radical (unpaired) electrons. The van der Waals surface area contributed by atoms with E-state index >= 15 is 0 Å². The first-order valence-corrected chi connectivity index (χ1v) is 4.84. The first-order valence-electron chi connectivity index (χ1n) is 4.84. The molecule has 1 N–H and O–H groups in total. The number of aromatic nitrogens is 4. The number of hydrogen-bond acceptors (Lipinski definition) is 4. The van der Waals surface area contributed by atoms with Crippen molar-refractivity contribution in [1.29, 1.82) is 0 Å². The van der Waals surface area contributed by atoms with Crippen LogP contribution in [0.3, 0.4) is 0 Å². The molecule has 0 saturated carbocycles. The molecule has 1 aliphatic heterocycles. The maximum Gasteiger partial charge on any atom is 0.205 e. The van der Waals surface area contributed by atoms with Crippen LogP contribution in [0.2, 0.25) is 0 Å². The second kappa shape index (κ2) is 2.94. The molecule has 1 aliphatic rings. The van der Waals surface area contributed by atoms with Crippen molar-refractivity contribution >= 4 is 17.1 Å². The third-order valence-electron chi connectivity index (χ3n) is 2.56. The number of imidazole rings is 1. The number of hydrogen-bond donors (Lipinski definition) is 1. The molecule has 0 aromatic carbocycles. The monoisotopic (exact) mass is 189 g/mol. The number of H-pyrrole nitrogens is 1. The summed E-state index contributed by atoms with van der Waals surface area (Å²) in [6, 6.07) is 0. The standard InChI is InChI=1S/C9H11N5/c1-2-4-14(3-1)9-12-7-5-10-6-11-8(7)13-9/h5-6H,1-4H2,(H,10,11,12,13). The number of anilines is 1. The lowest BCUT2D eigenvalue weighted by Crippen LogP contribution is -2.18. The maximum absolute atomic E-state index is 4.41. The van der Waals surface area contributed by atoms with Gasteiger partial charge in [0.2, 0.25) is 5.95 Å². The van der Waals surface area contributed by atoms with Crippen molar-refractivity contribution in [3.8, 4) is 0 Å². The maximum atomic E-state index is 4.41. The molecule has 0 bridgehead atoms. The largest absolute Gasteiger partial charge is 0.342 e. The fourth-order valence-corrected chi connectivity index (χ4v) is 1.83. The minimum Gasteiger partial charge on any atom is -0.342 e. The third kappa shape index (κ3) is 1.13. The first-order chi connectivity index (χ1) is 6.93. The summed E-state index contributed by atoms with van der Waals surface area (Å²) in [6.45, 7) is 2.18. The molecule has 3 heterocycles. The Kier molecular flexibility index (Phi) is 1.62. The number of rotatable bonds is 1. The van der Waals surface area contributed by atoms with Gasteiger partial charge in [0.25, 0.3) is 0 Å². The second-order valence-electron chi connectivity index (χ2n) is 3.51. The van der Waals surface area contributed by atoms with Gasteiger partial charge in [0.15, 0.2) is 5.65 Å². The van der Waals surface area contributed by atoms with Crippen molar-refractivity contribution in [2.24, 2.45) is 0 Å².